The van der Waals surface area contributed by atoms with Gasteiger partial charge in [0.25, 0.3) is 5.56 Å². The van der Waals surface area contributed by atoms with Crippen LogP contribution in [0.2, 0.25) is 0 Å². The van der Waals surface area contributed by atoms with Crippen LogP contribution in [0.25, 0.3) is 0 Å². The molecule has 2 aromatic rings. The number of aromatic nitrogens is 3. The Hall–Kier alpha value is -2.39. The molecule has 0 fully saturated rings. The Kier molecular flexibility index (Phi) is 3.59. The lowest BCUT2D eigenvalue weighted by atomic mass is 10.1. The van der Waals surface area contributed by atoms with Gasteiger partial charge in [-0.05, 0) is 25.5 Å². The number of rotatable bonds is 2. The van der Waals surface area contributed by atoms with Gasteiger partial charge in [0.15, 0.2) is 0 Å². The van der Waals surface area contributed by atoms with Gasteiger partial charge < -0.3 is 9.55 Å². The summed E-state index contributed by atoms with van der Waals surface area (Å²) in [5.41, 5.74) is 4.55. The van der Waals surface area contributed by atoms with Crippen LogP contribution in [0, 0.1) is 25.2 Å². The van der Waals surface area contributed by atoms with E-state index in [4.69, 9.17) is 5.26 Å². The Labute approximate surface area is 129 Å². The molecular formula is C16H19N5O. The summed E-state index contributed by atoms with van der Waals surface area (Å²) in [5.74, 6) is 0.676. The van der Waals surface area contributed by atoms with Gasteiger partial charge >= 0.3 is 0 Å². The predicted molar refractivity (Wildman–Crippen MR) is 82.3 cm³/mol. The molecule has 0 unspecified atom stereocenters. The molecule has 0 aliphatic carbocycles. The van der Waals surface area contributed by atoms with Crippen LogP contribution in [0.5, 0.6) is 0 Å². The Morgan fingerprint density at radius 1 is 1.45 bits per heavy atom. The maximum Gasteiger partial charge on any atom is 0.255 e. The van der Waals surface area contributed by atoms with Crippen LogP contribution in [-0.2, 0) is 26.6 Å². The molecule has 114 valence electrons. The Balaban J connectivity index is 1.84. The SMILES string of the molecule is Cc1nc2c(c(=O)[nH]1)CN(Cc1cc(C#N)n(C)c1C)CC2. The highest BCUT2D eigenvalue weighted by Crippen LogP contribution is 2.20. The topological polar surface area (TPSA) is 77.7 Å². The first-order valence-corrected chi connectivity index (χ1v) is 7.36. The van der Waals surface area contributed by atoms with E-state index in [-0.39, 0.29) is 5.56 Å². The molecule has 0 saturated heterocycles. The molecule has 6 heteroatoms. The van der Waals surface area contributed by atoms with E-state index < -0.39 is 0 Å². The average Bonchev–Trinajstić information content (AvgIpc) is 2.75. The summed E-state index contributed by atoms with van der Waals surface area (Å²) in [4.78, 5) is 21.5. The van der Waals surface area contributed by atoms with E-state index in [1.165, 1.54) is 0 Å². The van der Waals surface area contributed by atoms with Crippen molar-refractivity contribution in [3.63, 3.8) is 0 Å². The zero-order chi connectivity index (χ0) is 15.9. The van der Waals surface area contributed by atoms with Gasteiger partial charge in [-0.15, -0.1) is 0 Å². The predicted octanol–water partition coefficient (Wildman–Crippen LogP) is 1.16. The molecule has 0 amide bonds. The first-order valence-electron chi connectivity index (χ1n) is 7.36. The van der Waals surface area contributed by atoms with Crippen molar-refractivity contribution in [1.82, 2.24) is 19.4 Å². The fourth-order valence-corrected chi connectivity index (χ4v) is 3.01. The number of H-pyrrole nitrogens is 1. The quantitative estimate of drug-likeness (QED) is 0.902. The molecule has 0 spiro atoms. The number of aryl methyl sites for hydroxylation is 1. The summed E-state index contributed by atoms with van der Waals surface area (Å²) in [6.45, 7) is 6.05. The third kappa shape index (κ3) is 2.44. The fourth-order valence-electron chi connectivity index (χ4n) is 3.01. The molecule has 0 radical (unpaired) electrons. The highest BCUT2D eigenvalue weighted by molar-refractivity contribution is 5.34. The lowest BCUT2D eigenvalue weighted by molar-refractivity contribution is 0.241. The van der Waals surface area contributed by atoms with Crippen molar-refractivity contribution in [1.29, 1.82) is 5.26 Å². The van der Waals surface area contributed by atoms with Crippen LogP contribution in [0.4, 0.5) is 0 Å². The van der Waals surface area contributed by atoms with Gasteiger partial charge in [-0.1, -0.05) is 0 Å². The molecule has 1 N–H and O–H groups in total. The van der Waals surface area contributed by atoms with Crippen LogP contribution in [0.3, 0.4) is 0 Å². The highest BCUT2D eigenvalue weighted by atomic mass is 16.1. The fraction of sp³-hybridized carbons (Fsp3) is 0.438. The minimum absolute atomic E-state index is 0.0327. The number of nitrogens with one attached hydrogen (secondary N) is 1. The largest absolute Gasteiger partial charge is 0.340 e. The number of fused-ring (bicyclic) bond motifs is 1. The van der Waals surface area contributed by atoms with E-state index in [1.807, 2.05) is 31.5 Å². The van der Waals surface area contributed by atoms with Crippen molar-refractivity contribution in [3.05, 3.63) is 50.5 Å². The maximum absolute atomic E-state index is 12.1. The maximum atomic E-state index is 12.1. The Morgan fingerprint density at radius 2 is 2.23 bits per heavy atom. The third-order valence-electron chi connectivity index (χ3n) is 4.41. The van der Waals surface area contributed by atoms with Crippen molar-refractivity contribution >= 4 is 0 Å². The van der Waals surface area contributed by atoms with Crippen molar-refractivity contribution in [2.24, 2.45) is 7.05 Å². The number of nitriles is 1. The molecule has 3 heterocycles. The Bertz CT molecular complexity index is 824. The first-order chi connectivity index (χ1) is 10.5. The van der Waals surface area contributed by atoms with E-state index in [9.17, 15) is 4.79 Å². The number of aromatic amines is 1. The highest BCUT2D eigenvalue weighted by Gasteiger charge is 2.22. The van der Waals surface area contributed by atoms with E-state index in [0.29, 0.717) is 18.1 Å². The van der Waals surface area contributed by atoms with E-state index in [2.05, 4.69) is 20.9 Å². The van der Waals surface area contributed by atoms with Gasteiger partial charge in [0.05, 0.1) is 11.3 Å². The summed E-state index contributed by atoms with van der Waals surface area (Å²) in [7, 11) is 1.90. The molecule has 2 aromatic heterocycles. The average molecular weight is 297 g/mol. The zero-order valence-electron chi connectivity index (χ0n) is 13.1. The molecule has 6 nitrogen and oxygen atoms in total. The van der Waals surface area contributed by atoms with Gasteiger partial charge in [0.1, 0.15) is 17.6 Å². The van der Waals surface area contributed by atoms with E-state index in [0.717, 1.165) is 42.0 Å². The third-order valence-corrected chi connectivity index (χ3v) is 4.41. The second-order valence-corrected chi connectivity index (χ2v) is 5.85. The molecule has 1 aliphatic rings. The summed E-state index contributed by atoms with van der Waals surface area (Å²) in [6, 6.07) is 4.14. The molecule has 1 aliphatic heterocycles. The molecule has 3 rings (SSSR count). The molecular weight excluding hydrogens is 278 g/mol. The molecule has 0 saturated carbocycles. The van der Waals surface area contributed by atoms with Crippen molar-refractivity contribution in [2.45, 2.75) is 33.4 Å². The smallest absolute Gasteiger partial charge is 0.255 e. The normalized spacial score (nSPS) is 14.6. The Morgan fingerprint density at radius 3 is 2.91 bits per heavy atom. The summed E-state index contributed by atoms with van der Waals surface area (Å²) in [5, 5.41) is 9.12. The minimum atomic E-state index is -0.0327. The summed E-state index contributed by atoms with van der Waals surface area (Å²) in [6.07, 6.45) is 0.789. The standard InChI is InChI=1S/C16H19N5O/c1-10-12(6-13(7-17)20(10)3)8-21-5-4-15-14(9-21)16(22)19-11(2)18-15/h6H,4-5,8-9H2,1-3H3,(H,18,19,22). The number of nitrogens with zero attached hydrogens (tertiary/aromatic N) is 4. The molecule has 0 bridgehead atoms. The minimum Gasteiger partial charge on any atom is -0.340 e. The van der Waals surface area contributed by atoms with Gasteiger partial charge in [-0.2, -0.15) is 5.26 Å². The van der Waals surface area contributed by atoms with Crippen molar-refractivity contribution in [2.75, 3.05) is 6.54 Å². The van der Waals surface area contributed by atoms with Crippen LogP contribution < -0.4 is 5.56 Å². The van der Waals surface area contributed by atoms with Gasteiger partial charge in [0.2, 0.25) is 0 Å². The zero-order valence-corrected chi connectivity index (χ0v) is 13.1. The van der Waals surface area contributed by atoms with Crippen molar-refractivity contribution in [3.8, 4) is 6.07 Å². The molecule has 0 aromatic carbocycles. The number of hydrogen-bond donors (Lipinski definition) is 1. The lowest BCUT2D eigenvalue weighted by Gasteiger charge is -2.27. The van der Waals surface area contributed by atoms with Gasteiger partial charge in [0, 0.05) is 38.8 Å². The van der Waals surface area contributed by atoms with Gasteiger partial charge in [-0.25, -0.2) is 4.98 Å². The molecule has 22 heavy (non-hydrogen) atoms. The first kappa shape index (κ1) is 14.5. The van der Waals surface area contributed by atoms with E-state index >= 15 is 0 Å². The van der Waals surface area contributed by atoms with Crippen molar-refractivity contribution < 1.29 is 0 Å². The van der Waals surface area contributed by atoms with Crippen LogP contribution in [0.1, 0.15) is 34.0 Å². The second kappa shape index (κ2) is 5.43. The van der Waals surface area contributed by atoms with E-state index in [1.54, 1.807) is 0 Å². The van der Waals surface area contributed by atoms with Crippen LogP contribution >= 0.6 is 0 Å². The summed E-state index contributed by atoms with van der Waals surface area (Å²) < 4.78 is 1.91. The summed E-state index contributed by atoms with van der Waals surface area (Å²) >= 11 is 0. The second-order valence-electron chi connectivity index (χ2n) is 5.85. The molecule has 0 atom stereocenters. The monoisotopic (exact) mass is 297 g/mol. The van der Waals surface area contributed by atoms with Crippen LogP contribution in [-0.4, -0.2) is 26.0 Å². The van der Waals surface area contributed by atoms with Gasteiger partial charge in [-0.3, -0.25) is 9.69 Å². The lowest BCUT2D eigenvalue weighted by Crippen LogP contribution is -2.35. The van der Waals surface area contributed by atoms with Crippen LogP contribution in [0.15, 0.2) is 10.9 Å². The number of hydrogen-bond acceptors (Lipinski definition) is 4.